The standard InChI is InChI=1S/C21H22N6O2/c1-14(24-29)9-11-25-17-5-3-2-4-16(17)23-20(25)13-26-19-12-22-10-8-18(19)27(21(26)28)15-6-7-15/h2-5,8,10,12,14-15H,6-7,9,11,13H2,1H3. The lowest BCUT2D eigenvalue weighted by atomic mass is 10.2. The molecule has 0 aliphatic heterocycles. The van der Waals surface area contributed by atoms with E-state index >= 15 is 0 Å². The van der Waals surface area contributed by atoms with Gasteiger partial charge in [0.1, 0.15) is 5.82 Å². The maximum atomic E-state index is 13.2. The second-order valence-corrected chi connectivity index (χ2v) is 7.75. The summed E-state index contributed by atoms with van der Waals surface area (Å²) >= 11 is 0. The van der Waals surface area contributed by atoms with Crippen LogP contribution in [0.25, 0.3) is 22.1 Å². The first kappa shape index (κ1) is 17.8. The summed E-state index contributed by atoms with van der Waals surface area (Å²) in [5.41, 5.74) is 3.61. The Hall–Kier alpha value is -3.29. The average molecular weight is 390 g/mol. The number of benzene rings is 1. The predicted octanol–water partition coefficient (Wildman–Crippen LogP) is 3.48. The minimum atomic E-state index is -0.271. The zero-order chi connectivity index (χ0) is 20.0. The number of para-hydroxylation sites is 2. The van der Waals surface area contributed by atoms with Gasteiger partial charge in [0.05, 0.1) is 40.9 Å². The van der Waals surface area contributed by atoms with Gasteiger partial charge in [0.25, 0.3) is 0 Å². The molecule has 3 heterocycles. The molecular weight excluding hydrogens is 368 g/mol. The molecule has 1 unspecified atom stereocenters. The molecule has 8 nitrogen and oxygen atoms in total. The summed E-state index contributed by atoms with van der Waals surface area (Å²) in [5, 5.41) is 3.12. The summed E-state index contributed by atoms with van der Waals surface area (Å²) < 4.78 is 5.75. The zero-order valence-corrected chi connectivity index (χ0v) is 16.2. The topological polar surface area (TPSA) is 87.1 Å². The lowest BCUT2D eigenvalue weighted by molar-refractivity contribution is 0.550. The molecule has 4 aromatic rings. The third-order valence-electron chi connectivity index (χ3n) is 5.66. The normalized spacial score (nSPS) is 15.2. The molecular formula is C21H22N6O2. The number of pyridine rings is 1. The van der Waals surface area contributed by atoms with Crippen LogP contribution in [0.15, 0.2) is 52.7 Å². The molecule has 1 fully saturated rings. The Labute approximate surface area is 166 Å². The van der Waals surface area contributed by atoms with E-state index in [-0.39, 0.29) is 17.8 Å². The van der Waals surface area contributed by atoms with Gasteiger partial charge in [0.15, 0.2) is 0 Å². The van der Waals surface area contributed by atoms with Crippen molar-refractivity contribution in [1.29, 1.82) is 0 Å². The number of aryl methyl sites for hydroxylation is 1. The predicted molar refractivity (Wildman–Crippen MR) is 111 cm³/mol. The van der Waals surface area contributed by atoms with Gasteiger partial charge in [-0.15, -0.1) is 0 Å². The van der Waals surface area contributed by atoms with Crippen molar-refractivity contribution < 1.29 is 0 Å². The van der Waals surface area contributed by atoms with Crippen LogP contribution in [0.3, 0.4) is 0 Å². The zero-order valence-electron chi connectivity index (χ0n) is 16.2. The van der Waals surface area contributed by atoms with Crippen LogP contribution in [0.4, 0.5) is 0 Å². The highest BCUT2D eigenvalue weighted by Crippen LogP contribution is 2.36. The first-order valence-electron chi connectivity index (χ1n) is 9.98. The van der Waals surface area contributed by atoms with Gasteiger partial charge in [0, 0.05) is 18.8 Å². The summed E-state index contributed by atoms with van der Waals surface area (Å²) in [6.07, 6.45) is 6.18. The Morgan fingerprint density at radius 1 is 1.14 bits per heavy atom. The van der Waals surface area contributed by atoms with Crippen molar-refractivity contribution in [3.05, 3.63) is 63.9 Å². The van der Waals surface area contributed by atoms with E-state index in [1.807, 2.05) is 41.8 Å². The molecule has 0 saturated heterocycles. The molecule has 148 valence electrons. The second kappa shape index (κ2) is 6.95. The lowest BCUT2D eigenvalue weighted by Crippen LogP contribution is -2.25. The van der Waals surface area contributed by atoms with E-state index in [0.717, 1.165) is 40.7 Å². The molecule has 1 atom stereocenters. The van der Waals surface area contributed by atoms with Gasteiger partial charge in [-0.3, -0.25) is 14.1 Å². The SMILES string of the molecule is CC(CCn1c(Cn2c(=O)n(C3CC3)c3ccncc32)nc2ccccc21)N=O. The van der Waals surface area contributed by atoms with Crippen molar-refractivity contribution >= 4 is 22.1 Å². The van der Waals surface area contributed by atoms with Crippen LogP contribution < -0.4 is 5.69 Å². The van der Waals surface area contributed by atoms with Crippen LogP contribution in [0.1, 0.15) is 38.1 Å². The minimum absolute atomic E-state index is 0.0166. The molecule has 3 aromatic heterocycles. The van der Waals surface area contributed by atoms with Gasteiger partial charge in [0.2, 0.25) is 0 Å². The quantitative estimate of drug-likeness (QED) is 0.452. The fraction of sp³-hybridized carbons (Fsp3) is 0.381. The molecule has 5 rings (SSSR count). The highest BCUT2D eigenvalue weighted by molar-refractivity contribution is 5.77. The number of nitrogens with zero attached hydrogens (tertiary/aromatic N) is 6. The largest absolute Gasteiger partial charge is 0.329 e. The average Bonchev–Trinajstić information content (AvgIpc) is 3.46. The molecule has 0 N–H and O–H groups in total. The number of nitroso groups, excluding NO2 is 1. The first-order valence-corrected chi connectivity index (χ1v) is 9.98. The maximum absolute atomic E-state index is 13.2. The maximum Gasteiger partial charge on any atom is 0.329 e. The van der Waals surface area contributed by atoms with Gasteiger partial charge < -0.3 is 4.57 Å². The van der Waals surface area contributed by atoms with Crippen LogP contribution >= 0.6 is 0 Å². The smallest absolute Gasteiger partial charge is 0.326 e. The Balaban J connectivity index is 1.61. The number of rotatable bonds is 7. The van der Waals surface area contributed by atoms with E-state index in [9.17, 15) is 9.70 Å². The van der Waals surface area contributed by atoms with E-state index in [4.69, 9.17) is 4.98 Å². The number of hydrogen-bond acceptors (Lipinski definition) is 5. The van der Waals surface area contributed by atoms with Gasteiger partial charge in [-0.1, -0.05) is 17.3 Å². The van der Waals surface area contributed by atoms with Crippen LogP contribution in [0.5, 0.6) is 0 Å². The molecule has 1 aliphatic carbocycles. The number of fused-ring (bicyclic) bond motifs is 2. The number of aromatic nitrogens is 5. The summed E-state index contributed by atoms with van der Waals surface area (Å²) in [4.78, 5) is 33.1. The Bertz CT molecular complexity index is 1260. The molecule has 0 bridgehead atoms. The second-order valence-electron chi connectivity index (χ2n) is 7.75. The molecule has 0 radical (unpaired) electrons. The lowest BCUT2D eigenvalue weighted by Gasteiger charge is -2.11. The Morgan fingerprint density at radius 3 is 2.76 bits per heavy atom. The highest BCUT2D eigenvalue weighted by Gasteiger charge is 2.29. The summed E-state index contributed by atoms with van der Waals surface area (Å²) in [6, 6.07) is 9.83. The molecule has 1 aromatic carbocycles. The fourth-order valence-corrected chi connectivity index (χ4v) is 3.97. The molecule has 8 heteroatoms. The van der Waals surface area contributed by atoms with Crippen LogP contribution in [-0.2, 0) is 13.1 Å². The Morgan fingerprint density at radius 2 is 1.97 bits per heavy atom. The van der Waals surface area contributed by atoms with Crippen molar-refractivity contribution in [2.24, 2.45) is 5.18 Å². The van der Waals surface area contributed by atoms with Crippen molar-refractivity contribution in [3.8, 4) is 0 Å². The van der Waals surface area contributed by atoms with Crippen molar-refractivity contribution in [2.45, 2.75) is 51.4 Å². The van der Waals surface area contributed by atoms with Crippen LogP contribution in [0, 0.1) is 4.91 Å². The van der Waals surface area contributed by atoms with Crippen molar-refractivity contribution in [1.82, 2.24) is 23.7 Å². The number of hydrogen-bond donors (Lipinski definition) is 0. The van der Waals surface area contributed by atoms with Gasteiger partial charge >= 0.3 is 5.69 Å². The van der Waals surface area contributed by atoms with Gasteiger partial charge in [-0.25, -0.2) is 9.78 Å². The van der Waals surface area contributed by atoms with E-state index in [0.29, 0.717) is 19.5 Å². The minimum Gasteiger partial charge on any atom is -0.326 e. The third kappa shape index (κ3) is 3.04. The highest BCUT2D eigenvalue weighted by atomic mass is 16.3. The van der Waals surface area contributed by atoms with E-state index < -0.39 is 0 Å². The summed E-state index contributed by atoms with van der Waals surface area (Å²) in [5.74, 6) is 0.796. The first-order chi connectivity index (χ1) is 14.2. The van der Waals surface area contributed by atoms with E-state index in [2.05, 4.69) is 14.7 Å². The van der Waals surface area contributed by atoms with Crippen molar-refractivity contribution in [2.75, 3.05) is 0 Å². The van der Waals surface area contributed by atoms with Gasteiger partial charge in [-0.2, -0.15) is 4.91 Å². The van der Waals surface area contributed by atoms with E-state index in [1.54, 1.807) is 17.0 Å². The monoisotopic (exact) mass is 390 g/mol. The summed E-state index contributed by atoms with van der Waals surface area (Å²) in [7, 11) is 0. The molecule has 0 spiro atoms. The van der Waals surface area contributed by atoms with E-state index in [1.165, 1.54) is 0 Å². The van der Waals surface area contributed by atoms with Crippen LogP contribution in [0.2, 0.25) is 0 Å². The Kier molecular flexibility index (Phi) is 4.26. The fourth-order valence-electron chi connectivity index (χ4n) is 3.97. The molecule has 29 heavy (non-hydrogen) atoms. The summed E-state index contributed by atoms with van der Waals surface area (Å²) in [6.45, 7) is 2.79. The van der Waals surface area contributed by atoms with Crippen molar-refractivity contribution in [3.63, 3.8) is 0 Å². The number of imidazole rings is 2. The third-order valence-corrected chi connectivity index (χ3v) is 5.66. The van der Waals surface area contributed by atoms with Crippen LogP contribution in [-0.4, -0.2) is 29.7 Å². The molecule has 1 aliphatic rings. The molecule has 1 saturated carbocycles. The van der Waals surface area contributed by atoms with Gasteiger partial charge in [-0.05, 0) is 44.4 Å². The molecule has 0 amide bonds.